The lowest BCUT2D eigenvalue weighted by Crippen LogP contribution is -2.19. The van der Waals surface area contributed by atoms with Crippen LogP contribution in [0.2, 0.25) is 0 Å². The lowest BCUT2D eigenvalue weighted by atomic mass is 10.1. The van der Waals surface area contributed by atoms with Crippen molar-refractivity contribution in [2.24, 2.45) is 5.10 Å². The molecule has 7 heteroatoms. The molecule has 1 amide bonds. The molecule has 0 bridgehead atoms. The Labute approximate surface area is 187 Å². The summed E-state index contributed by atoms with van der Waals surface area (Å²) in [7, 11) is 0. The molecule has 0 atom stereocenters. The highest BCUT2D eigenvalue weighted by atomic mass is 32.2. The molecule has 2 aromatic heterocycles. The number of hydrogen-bond acceptors (Lipinski definition) is 5. The summed E-state index contributed by atoms with van der Waals surface area (Å²) in [6, 6.07) is 22.7. The van der Waals surface area contributed by atoms with Gasteiger partial charge in [-0.05, 0) is 42.8 Å². The van der Waals surface area contributed by atoms with Crippen LogP contribution in [0.5, 0.6) is 0 Å². The van der Waals surface area contributed by atoms with Gasteiger partial charge >= 0.3 is 0 Å². The minimum absolute atomic E-state index is 0.149. The fraction of sp³-hybridized carbons (Fsp3) is 0.125. The second-order valence-corrected chi connectivity index (χ2v) is 9.32. The molecule has 2 heterocycles. The highest BCUT2D eigenvalue weighted by Crippen LogP contribution is 2.30. The Balaban J connectivity index is 1.26. The number of fused-ring (bicyclic) bond motifs is 4. The first kappa shape index (κ1) is 19.8. The van der Waals surface area contributed by atoms with Crippen LogP contribution in [-0.2, 0) is 11.3 Å². The summed E-state index contributed by atoms with van der Waals surface area (Å²) >= 11 is 3.02. The van der Waals surface area contributed by atoms with Gasteiger partial charge in [-0.3, -0.25) is 4.79 Å². The topological polar surface area (TPSA) is 59.3 Å². The van der Waals surface area contributed by atoms with Crippen molar-refractivity contribution in [3.63, 3.8) is 0 Å². The molecule has 1 N–H and O–H groups in total. The lowest BCUT2D eigenvalue weighted by molar-refractivity contribution is -0.118. The van der Waals surface area contributed by atoms with E-state index in [9.17, 15) is 4.79 Å². The number of thiazole rings is 1. The van der Waals surface area contributed by atoms with Crippen LogP contribution < -0.4 is 5.43 Å². The normalized spacial score (nSPS) is 11.8. The van der Waals surface area contributed by atoms with E-state index >= 15 is 0 Å². The zero-order valence-electron chi connectivity index (χ0n) is 16.9. The van der Waals surface area contributed by atoms with Crippen LogP contribution in [0.3, 0.4) is 0 Å². The third kappa shape index (κ3) is 3.94. The molecule has 3 aromatic carbocycles. The fourth-order valence-electron chi connectivity index (χ4n) is 3.74. The van der Waals surface area contributed by atoms with Crippen LogP contribution in [0, 0.1) is 0 Å². The van der Waals surface area contributed by atoms with Crippen molar-refractivity contribution in [3.8, 4) is 0 Å². The average molecular weight is 445 g/mol. The molecule has 154 valence electrons. The summed E-state index contributed by atoms with van der Waals surface area (Å²) in [5.74, 6) is 0.129. The SMILES string of the molecule is CCn1c2ccccc2c2cc(/C=N\NC(=O)CSc3nc4ccccc4s3)ccc21. The first-order chi connectivity index (χ1) is 15.2. The molecule has 5 aromatic rings. The van der Waals surface area contributed by atoms with Gasteiger partial charge in [-0.1, -0.05) is 48.2 Å². The van der Waals surface area contributed by atoms with Gasteiger partial charge in [0, 0.05) is 28.4 Å². The van der Waals surface area contributed by atoms with Crippen LogP contribution >= 0.6 is 23.1 Å². The van der Waals surface area contributed by atoms with E-state index in [-0.39, 0.29) is 11.7 Å². The lowest BCUT2D eigenvalue weighted by Gasteiger charge is -2.02. The highest BCUT2D eigenvalue weighted by molar-refractivity contribution is 8.01. The summed E-state index contributed by atoms with van der Waals surface area (Å²) in [4.78, 5) is 16.7. The zero-order valence-corrected chi connectivity index (χ0v) is 18.5. The predicted molar refractivity (Wildman–Crippen MR) is 131 cm³/mol. The summed E-state index contributed by atoms with van der Waals surface area (Å²) in [6.45, 7) is 3.07. The van der Waals surface area contributed by atoms with Gasteiger partial charge in [-0.25, -0.2) is 10.4 Å². The van der Waals surface area contributed by atoms with Crippen LogP contribution in [0.25, 0.3) is 32.0 Å². The maximum Gasteiger partial charge on any atom is 0.250 e. The Morgan fingerprint density at radius 2 is 1.90 bits per heavy atom. The van der Waals surface area contributed by atoms with Crippen molar-refractivity contribution in [2.45, 2.75) is 17.8 Å². The third-order valence-corrected chi connectivity index (χ3v) is 7.30. The van der Waals surface area contributed by atoms with Crippen LogP contribution in [0.15, 0.2) is 76.2 Å². The van der Waals surface area contributed by atoms with Crippen LogP contribution in [0.4, 0.5) is 0 Å². The Bertz CT molecular complexity index is 1400. The largest absolute Gasteiger partial charge is 0.341 e. The third-order valence-electron chi connectivity index (χ3n) is 5.12. The van der Waals surface area contributed by atoms with Crippen molar-refractivity contribution < 1.29 is 4.79 Å². The van der Waals surface area contributed by atoms with E-state index in [1.54, 1.807) is 17.6 Å². The smallest absolute Gasteiger partial charge is 0.250 e. The van der Waals surface area contributed by atoms with Crippen molar-refractivity contribution in [3.05, 3.63) is 72.3 Å². The summed E-state index contributed by atoms with van der Waals surface area (Å²) in [5, 5.41) is 6.57. The van der Waals surface area contributed by atoms with E-state index in [4.69, 9.17) is 0 Å². The number of hydrazone groups is 1. The molecular weight excluding hydrogens is 424 g/mol. The number of amides is 1. The maximum absolute atomic E-state index is 12.2. The number of nitrogens with zero attached hydrogens (tertiary/aromatic N) is 3. The maximum atomic E-state index is 12.2. The Morgan fingerprint density at radius 1 is 1.10 bits per heavy atom. The number of aryl methyl sites for hydroxylation is 1. The van der Waals surface area contributed by atoms with Gasteiger partial charge in [0.1, 0.15) is 0 Å². The van der Waals surface area contributed by atoms with Crippen molar-refractivity contribution in [1.29, 1.82) is 0 Å². The van der Waals surface area contributed by atoms with Gasteiger partial charge in [0.15, 0.2) is 4.34 Å². The Morgan fingerprint density at radius 3 is 2.77 bits per heavy atom. The number of thioether (sulfide) groups is 1. The van der Waals surface area contributed by atoms with E-state index in [1.165, 1.54) is 33.6 Å². The molecule has 5 nitrogen and oxygen atoms in total. The first-order valence-corrected chi connectivity index (χ1v) is 11.8. The number of rotatable bonds is 6. The molecule has 0 unspecified atom stereocenters. The predicted octanol–water partition coefficient (Wildman–Crippen LogP) is 5.67. The summed E-state index contributed by atoms with van der Waals surface area (Å²) < 4.78 is 4.33. The first-order valence-electron chi connectivity index (χ1n) is 10.0. The van der Waals surface area contributed by atoms with Crippen molar-refractivity contribution in [2.75, 3.05) is 5.75 Å². The molecule has 0 radical (unpaired) electrons. The molecule has 0 saturated heterocycles. The number of nitrogens with one attached hydrogen (secondary N) is 1. The molecule has 5 rings (SSSR count). The van der Waals surface area contributed by atoms with Crippen molar-refractivity contribution in [1.82, 2.24) is 15.0 Å². The van der Waals surface area contributed by atoms with Gasteiger partial charge in [-0.2, -0.15) is 5.10 Å². The van der Waals surface area contributed by atoms with Crippen molar-refractivity contribution >= 4 is 67.2 Å². The molecule has 0 fully saturated rings. The average Bonchev–Trinajstić information content (AvgIpc) is 3.36. The highest BCUT2D eigenvalue weighted by Gasteiger charge is 2.09. The zero-order chi connectivity index (χ0) is 21.2. The Hall–Kier alpha value is -3.16. The van der Waals surface area contributed by atoms with Gasteiger partial charge in [0.2, 0.25) is 0 Å². The molecule has 0 saturated carbocycles. The number of benzene rings is 3. The van der Waals surface area contributed by atoms with E-state index in [1.807, 2.05) is 30.3 Å². The summed E-state index contributed by atoms with van der Waals surface area (Å²) in [6.07, 6.45) is 1.69. The van der Waals surface area contributed by atoms with Gasteiger partial charge < -0.3 is 4.57 Å². The molecule has 0 aliphatic heterocycles. The number of carbonyl (C=O) groups is 1. The summed E-state index contributed by atoms with van der Waals surface area (Å²) in [5.41, 5.74) is 6.97. The molecule has 0 aliphatic rings. The van der Waals surface area contributed by atoms with E-state index < -0.39 is 0 Å². The number of aromatic nitrogens is 2. The van der Waals surface area contributed by atoms with Gasteiger partial charge in [-0.15, -0.1) is 11.3 Å². The number of carbonyl (C=O) groups excluding carboxylic acids is 1. The van der Waals surface area contributed by atoms with Crippen LogP contribution in [0.1, 0.15) is 12.5 Å². The van der Waals surface area contributed by atoms with Gasteiger partial charge in [0.05, 0.1) is 22.2 Å². The van der Waals surface area contributed by atoms with Gasteiger partial charge in [0.25, 0.3) is 5.91 Å². The second-order valence-electron chi connectivity index (χ2n) is 7.07. The minimum atomic E-state index is -0.149. The van der Waals surface area contributed by atoms with E-state index in [0.717, 1.165) is 26.7 Å². The quantitative estimate of drug-likeness (QED) is 0.209. The monoisotopic (exact) mass is 444 g/mol. The Kier molecular flexibility index (Phi) is 5.44. The molecular formula is C24H20N4OS2. The molecule has 0 spiro atoms. The second kappa shape index (κ2) is 8.53. The van der Waals surface area contributed by atoms with E-state index in [0.29, 0.717) is 0 Å². The number of hydrogen-bond donors (Lipinski definition) is 1. The molecule has 0 aliphatic carbocycles. The van der Waals surface area contributed by atoms with E-state index in [2.05, 4.69) is 63.4 Å². The standard InChI is InChI=1S/C24H20N4OS2/c1-2-28-20-9-5-3-7-17(20)18-13-16(11-12-21(18)28)14-25-27-23(29)15-30-24-26-19-8-4-6-10-22(19)31-24/h3-14H,2,15H2,1H3,(H,27,29)/b25-14-. The number of para-hydroxylation sites is 2. The molecule has 31 heavy (non-hydrogen) atoms. The fourth-order valence-corrected chi connectivity index (χ4v) is 5.60. The minimum Gasteiger partial charge on any atom is -0.341 e. The van der Waals surface area contributed by atoms with Crippen LogP contribution in [-0.4, -0.2) is 27.4 Å².